The fraction of sp³-hybridized carbons (Fsp3) is 0.606. The van der Waals surface area contributed by atoms with E-state index in [0.29, 0.717) is 42.3 Å². The standard InChI is InChI=1S/C19H28N4O2.C13H19N5.CH4.ClH/c1-12(2)15-11-17(23-16(22-15)6-7-20-23)21-14-8-13(9-14)10-18(24)25-19(3,4)5;1-8(2)11-7-13(16-10-5-9(14)6-10)18-12(17-11)3-4-15-18;;/h6-7,11-14,21H,8-10H2,1-5H3;3-4,7-10,16H,5-6,14H2,1-2H3;1H4;1H. The zero-order chi connectivity index (χ0) is 30.9. The summed E-state index contributed by atoms with van der Waals surface area (Å²) in [5.41, 5.74) is 9.31. The topological polar surface area (TPSA) is 137 Å². The number of fused-ring (bicyclic) bond motifs is 2. The number of esters is 1. The Kier molecular flexibility index (Phi) is 11.8. The van der Waals surface area contributed by atoms with E-state index in [4.69, 9.17) is 10.5 Å². The highest BCUT2D eigenvalue weighted by atomic mass is 35.5. The maximum Gasteiger partial charge on any atom is 0.306 e. The summed E-state index contributed by atoms with van der Waals surface area (Å²) in [5.74, 6) is 3.06. The van der Waals surface area contributed by atoms with Crippen LogP contribution < -0.4 is 16.4 Å². The number of anilines is 2. The minimum atomic E-state index is -0.408. The van der Waals surface area contributed by atoms with Gasteiger partial charge in [-0.2, -0.15) is 19.2 Å². The monoisotopic (exact) mass is 641 g/mol. The molecule has 0 saturated heterocycles. The number of carbonyl (C=O) groups excluding carboxylic acids is 1. The van der Waals surface area contributed by atoms with Gasteiger partial charge < -0.3 is 21.1 Å². The van der Waals surface area contributed by atoms with Crippen LogP contribution in [0.2, 0.25) is 0 Å². The first-order valence-corrected chi connectivity index (χ1v) is 15.5. The Hall–Kier alpha value is -3.44. The molecular weight excluding hydrogens is 590 g/mol. The largest absolute Gasteiger partial charge is 0.460 e. The second kappa shape index (κ2) is 14.8. The molecule has 12 heteroatoms. The van der Waals surface area contributed by atoms with Gasteiger partial charge in [0.2, 0.25) is 0 Å². The van der Waals surface area contributed by atoms with E-state index >= 15 is 0 Å². The third-order valence-electron chi connectivity index (χ3n) is 7.93. The zero-order valence-corrected chi connectivity index (χ0v) is 27.8. The molecule has 4 N–H and O–H groups in total. The summed E-state index contributed by atoms with van der Waals surface area (Å²) >= 11 is 0. The number of rotatable bonds is 8. The summed E-state index contributed by atoms with van der Waals surface area (Å²) in [6.07, 6.45) is 8.06. The van der Waals surface area contributed by atoms with Crippen LogP contribution in [0.3, 0.4) is 0 Å². The van der Waals surface area contributed by atoms with Crippen LogP contribution in [-0.2, 0) is 9.53 Å². The Labute approximate surface area is 273 Å². The van der Waals surface area contributed by atoms with Crippen LogP contribution in [-0.4, -0.2) is 58.9 Å². The molecular formula is C33H52ClN9O2. The minimum Gasteiger partial charge on any atom is -0.460 e. The van der Waals surface area contributed by atoms with Gasteiger partial charge in [0.1, 0.15) is 17.2 Å². The summed E-state index contributed by atoms with van der Waals surface area (Å²) < 4.78 is 9.10. The van der Waals surface area contributed by atoms with Crippen molar-refractivity contribution in [3.05, 3.63) is 48.0 Å². The maximum atomic E-state index is 11.9. The Morgan fingerprint density at radius 2 is 1.33 bits per heavy atom. The predicted molar refractivity (Wildman–Crippen MR) is 183 cm³/mol. The molecule has 2 aliphatic carbocycles. The molecule has 0 aliphatic heterocycles. The number of hydrogen-bond donors (Lipinski definition) is 3. The molecule has 4 aromatic rings. The van der Waals surface area contributed by atoms with Crippen LogP contribution in [0.15, 0.2) is 36.7 Å². The average Bonchev–Trinajstić information content (AvgIpc) is 3.55. The molecule has 248 valence electrons. The van der Waals surface area contributed by atoms with Gasteiger partial charge in [0.25, 0.3) is 0 Å². The van der Waals surface area contributed by atoms with Crippen LogP contribution in [0.5, 0.6) is 0 Å². The predicted octanol–water partition coefficient (Wildman–Crippen LogP) is 6.59. The Morgan fingerprint density at radius 1 is 0.889 bits per heavy atom. The van der Waals surface area contributed by atoms with Crippen molar-refractivity contribution >= 4 is 41.3 Å². The molecule has 0 atom stereocenters. The first-order valence-electron chi connectivity index (χ1n) is 15.5. The maximum absolute atomic E-state index is 11.9. The molecule has 11 nitrogen and oxygen atoms in total. The molecule has 2 fully saturated rings. The molecule has 0 spiro atoms. The molecule has 0 amide bonds. The van der Waals surface area contributed by atoms with Crippen LogP contribution >= 0.6 is 12.4 Å². The van der Waals surface area contributed by atoms with Crippen molar-refractivity contribution in [3.8, 4) is 0 Å². The van der Waals surface area contributed by atoms with Gasteiger partial charge in [0.05, 0.1) is 12.4 Å². The lowest BCUT2D eigenvalue weighted by molar-refractivity contribution is -0.156. The van der Waals surface area contributed by atoms with Gasteiger partial charge in [-0.3, -0.25) is 4.79 Å². The van der Waals surface area contributed by atoms with E-state index in [-0.39, 0.29) is 25.8 Å². The molecule has 0 unspecified atom stereocenters. The SMILES string of the molecule is C.CC(C)c1cc(NC2CC(CC(=O)OC(C)(C)C)C2)n2nccc2n1.CC(C)c1cc(NC2CC(N)C2)n2nccc2n1.Cl. The number of nitrogens with zero attached hydrogens (tertiary/aromatic N) is 6. The van der Waals surface area contributed by atoms with Gasteiger partial charge in [-0.25, -0.2) is 9.97 Å². The van der Waals surface area contributed by atoms with Crippen LogP contribution in [0, 0.1) is 5.92 Å². The number of nitrogens with two attached hydrogens (primary N) is 1. The molecule has 0 bridgehead atoms. The van der Waals surface area contributed by atoms with Crippen molar-refractivity contribution in [1.29, 1.82) is 0 Å². The summed E-state index contributed by atoms with van der Waals surface area (Å²) in [6, 6.07) is 9.20. The minimum absolute atomic E-state index is 0. The van der Waals surface area contributed by atoms with Crippen molar-refractivity contribution < 1.29 is 9.53 Å². The zero-order valence-electron chi connectivity index (χ0n) is 26.9. The summed E-state index contributed by atoms with van der Waals surface area (Å²) in [4.78, 5) is 21.2. The van der Waals surface area contributed by atoms with E-state index < -0.39 is 5.60 Å². The van der Waals surface area contributed by atoms with Gasteiger partial charge in [0, 0.05) is 60.2 Å². The first kappa shape index (κ1) is 36.0. The first-order chi connectivity index (χ1) is 20.3. The van der Waals surface area contributed by atoms with Gasteiger partial charge in [0.15, 0.2) is 11.3 Å². The van der Waals surface area contributed by atoms with Crippen LogP contribution in [0.1, 0.15) is 111 Å². The third-order valence-corrected chi connectivity index (χ3v) is 7.93. The number of ether oxygens (including phenoxy) is 1. The molecule has 0 radical (unpaired) electrons. The average molecular weight is 642 g/mol. The highest BCUT2D eigenvalue weighted by Gasteiger charge is 2.33. The van der Waals surface area contributed by atoms with Crippen LogP contribution in [0.25, 0.3) is 11.3 Å². The fourth-order valence-electron chi connectivity index (χ4n) is 5.50. The van der Waals surface area contributed by atoms with E-state index in [2.05, 4.69) is 70.6 Å². The lowest BCUT2D eigenvalue weighted by atomic mass is 9.78. The lowest BCUT2D eigenvalue weighted by Crippen LogP contribution is -2.44. The Balaban J connectivity index is 0.000000246. The summed E-state index contributed by atoms with van der Waals surface area (Å²) in [5, 5.41) is 15.7. The highest BCUT2D eigenvalue weighted by molar-refractivity contribution is 5.85. The summed E-state index contributed by atoms with van der Waals surface area (Å²) in [6.45, 7) is 14.3. The number of carbonyl (C=O) groups is 1. The Bertz CT molecular complexity index is 1550. The molecule has 4 aromatic heterocycles. The van der Waals surface area contributed by atoms with Gasteiger partial charge in [-0.15, -0.1) is 12.4 Å². The third kappa shape index (κ3) is 9.07. The quantitative estimate of drug-likeness (QED) is 0.182. The van der Waals surface area contributed by atoms with Crippen molar-refractivity contribution in [2.24, 2.45) is 11.7 Å². The number of nitrogens with one attached hydrogen (secondary N) is 2. The van der Waals surface area contributed by atoms with E-state index in [1.807, 2.05) is 41.9 Å². The van der Waals surface area contributed by atoms with Crippen molar-refractivity contribution in [2.45, 2.75) is 124 Å². The lowest BCUT2D eigenvalue weighted by Gasteiger charge is -2.36. The molecule has 2 saturated carbocycles. The highest BCUT2D eigenvalue weighted by Crippen LogP contribution is 2.34. The van der Waals surface area contributed by atoms with Crippen LogP contribution in [0.4, 0.5) is 11.6 Å². The van der Waals surface area contributed by atoms with Gasteiger partial charge >= 0.3 is 5.97 Å². The molecule has 0 aromatic carbocycles. The Morgan fingerprint density at radius 3 is 1.73 bits per heavy atom. The number of aromatic nitrogens is 6. The molecule has 45 heavy (non-hydrogen) atoms. The smallest absolute Gasteiger partial charge is 0.306 e. The van der Waals surface area contributed by atoms with E-state index in [9.17, 15) is 4.79 Å². The van der Waals surface area contributed by atoms with Gasteiger partial charge in [-0.1, -0.05) is 35.1 Å². The fourth-order valence-corrected chi connectivity index (χ4v) is 5.50. The van der Waals surface area contributed by atoms with E-state index in [1.54, 1.807) is 12.4 Å². The normalized spacial score (nSPS) is 20.8. The summed E-state index contributed by atoms with van der Waals surface area (Å²) in [7, 11) is 0. The molecule has 6 rings (SSSR count). The van der Waals surface area contributed by atoms with Crippen molar-refractivity contribution in [2.75, 3.05) is 10.6 Å². The molecule has 4 heterocycles. The number of hydrogen-bond acceptors (Lipinski definition) is 9. The number of halogens is 1. The van der Waals surface area contributed by atoms with E-state index in [0.717, 1.165) is 60.0 Å². The second-order valence-corrected chi connectivity index (χ2v) is 13.7. The van der Waals surface area contributed by atoms with E-state index in [1.165, 1.54) is 0 Å². The van der Waals surface area contributed by atoms with Crippen molar-refractivity contribution in [1.82, 2.24) is 29.2 Å². The van der Waals surface area contributed by atoms with Gasteiger partial charge in [-0.05, 0) is 64.2 Å². The second-order valence-electron chi connectivity index (χ2n) is 13.7. The van der Waals surface area contributed by atoms with Crippen molar-refractivity contribution in [3.63, 3.8) is 0 Å². The molecule has 2 aliphatic rings.